The maximum Gasteiger partial charge on any atom is 0.341 e. The molecule has 12 heteroatoms. The van der Waals surface area contributed by atoms with E-state index < -0.39 is 17.7 Å². The minimum Gasteiger partial charge on any atom is -0.344 e. The molecule has 0 aliphatic carbocycles. The first-order chi connectivity index (χ1) is 16.3. The molecule has 0 unspecified atom stereocenters. The fourth-order valence-corrected chi connectivity index (χ4v) is 5.81. The quantitative estimate of drug-likeness (QED) is 0.527. The molecule has 0 bridgehead atoms. The SMILES string of the molecule is Cc1cnn(C)c1-c1sc(N2CCN(C(=O)N3N=CC[C@H]3c3cc(F)cc(F)c3)CC2)nc1Cl. The smallest absolute Gasteiger partial charge is 0.341 e. The highest BCUT2D eigenvalue weighted by Crippen LogP contribution is 2.39. The molecule has 178 valence electrons. The molecule has 0 saturated carbocycles. The first-order valence-corrected chi connectivity index (χ1v) is 12.0. The fourth-order valence-electron chi connectivity index (χ4n) is 4.32. The van der Waals surface area contributed by atoms with Crippen molar-refractivity contribution in [1.82, 2.24) is 24.7 Å². The standard InChI is InChI=1S/C22H22ClF2N7OS/c1-13-12-27-29(2)18(13)19-20(23)28-21(34-19)30-5-7-31(8-6-30)22(33)32-17(3-4-26-32)14-9-15(24)11-16(25)10-14/h4,9-12,17H,3,5-8H2,1-2H3/t17-/m0/s1. The van der Waals surface area contributed by atoms with Gasteiger partial charge < -0.3 is 9.80 Å². The molecule has 4 heterocycles. The van der Waals surface area contributed by atoms with Crippen LogP contribution >= 0.6 is 22.9 Å². The van der Waals surface area contributed by atoms with Gasteiger partial charge in [-0.2, -0.15) is 10.2 Å². The van der Waals surface area contributed by atoms with Crippen LogP contribution in [0.1, 0.15) is 23.6 Å². The average Bonchev–Trinajstić information content (AvgIpc) is 3.52. The molecule has 0 radical (unpaired) electrons. The zero-order valence-electron chi connectivity index (χ0n) is 18.6. The second kappa shape index (κ2) is 8.95. The number of hydrogen-bond acceptors (Lipinski definition) is 6. The van der Waals surface area contributed by atoms with Crippen molar-refractivity contribution in [3.05, 3.63) is 52.3 Å². The van der Waals surface area contributed by atoms with Gasteiger partial charge in [0.05, 0.1) is 22.8 Å². The summed E-state index contributed by atoms with van der Waals surface area (Å²) in [7, 11) is 1.87. The Balaban J connectivity index is 1.27. The van der Waals surface area contributed by atoms with Gasteiger partial charge in [-0.05, 0) is 30.2 Å². The van der Waals surface area contributed by atoms with E-state index in [1.807, 2.05) is 14.0 Å². The summed E-state index contributed by atoms with van der Waals surface area (Å²) >= 11 is 7.95. The summed E-state index contributed by atoms with van der Waals surface area (Å²) in [5, 5.41) is 11.0. The molecule has 0 N–H and O–H groups in total. The van der Waals surface area contributed by atoms with Gasteiger partial charge in [-0.25, -0.2) is 23.6 Å². The minimum atomic E-state index is -0.675. The van der Waals surface area contributed by atoms with Crippen LogP contribution < -0.4 is 4.90 Å². The number of aryl methyl sites for hydroxylation is 2. The van der Waals surface area contributed by atoms with E-state index in [9.17, 15) is 13.6 Å². The van der Waals surface area contributed by atoms with E-state index in [1.54, 1.807) is 22.0 Å². The largest absolute Gasteiger partial charge is 0.344 e. The molecule has 5 rings (SSSR count). The number of piperazine rings is 1. The molecule has 3 aromatic rings. The molecule has 34 heavy (non-hydrogen) atoms. The van der Waals surface area contributed by atoms with Gasteiger partial charge in [-0.15, -0.1) is 0 Å². The first-order valence-electron chi connectivity index (χ1n) is 10.8. The number of thiazole rings is 1. The average molecular weight is 506 g/mol. The van der Waals surface area contributed by atoms with E-state index in [1.165, 1.54) is 28.5 Å². The van der Waals surface area contributed by atoms with Gasteiger partial charge in [-0.1, -0.05) is 22.9 Å². The third kappa shape index (κ3) is 4.14. The van der Waals surface area contributed by atoms with E-state index in [4.69, 9.17) is 11.6 Å². The van der Waals surface area contributed by atoms with Gasteiger partial charge in [0.2, 0.25) is 0 Å². The van der Waals surface area contributed by atoms with Gasteiger partial charge in [0.15, 0.2) is 10.3 Å². The van der Waals surface area contributed by atoms with Crippen LogP contribution in [0.4, 0.5) is 18.7 Å². The molecular formula is C22H22ClF2N7OS. The Morgan fingerprint density at radius 3 is 2.50 bits per heavy atom. The molecule has 1 saturated heterocycles. The van der Waals surface area contributed by atoms with E-state index >= 15 is 0 Å². The second-order valence-corrected chi connectivity index (χ2v) is 9.61. The highest BCUT2D eigenvalue weighted by Gasteiger charge is 2.34. The van der Waals surface area contributed by atoms with Crippen molar-refractivity contribution >= 4 is 40.3 Å². The van der Waals surface area contributed by atoms with Crippen LogP contribution in [-0.2, 0) is 7.05 Å². The number of urea groups is 1. The Hall–Kier alpha value is -3.05. The highest BCUT2D eigenvalue weighted by atomic mass is 35.5. The molecule has 0 spiro atoms. The lowest BCUT2D eigenvalue weighted by Gasteiger charge is -2.36. The van der Waals surface area contributed by atoms with E-state index in [-0.39, 0.29) is 6.03 Å². The molecule has 1 aromatic carbocycles. The third-order valence-corrected chi connectivity index (χ3v) is 7.54. The number of carbonyl (C=O) groups is 1. The van der Waals surface area contributed by atoms with Crippen molar-refractivity contribution in [1.29, 1.82) is 0 Å². The van der Waals surface area contributed by atoms with Gasteiger partial charge >= 0.3 is 6.03 Å². The number of hydrogen-bond donors (Lipinski definition) is 0. The summed E-state index contributed by atoms with van der Waals surface area (Å²) in [6.45, 7) is 4.07. The predicted octanol–water partition coefficient (Wildman–Crippen LogP) is 4.46. The Morgan fingerprint density at radius 2 is 1.85 bits per heavy atom. The van der Waals surface area contributed by atoms with Crippen LogP contribution in [0.25, 0.3) is 10.6 Å². The lowest BCUT2D eigenvalue weighted by molar-refractivity contribution is 0.139. The van der Waals surface area contributed by atoms with E-state index in [0.717, 1.165) is 27.3 Å². The second-order valence-electron chi connectivity index (χ2n) is 8.27. The number of rotatable bonds is 3. The van der Waals surface area contributed by atoms with Crippen LogP contribution in [0.3, 0.4) is 0 Å². The Kier molecular flexibility index (Phi) is 5.98. The predicted molar refractivity (Wildman–Crippen MR) is 127 cm³/mol. The molecule has 2 aliphatic heterocycles. The number of amides is 2. The number of aromatic nitrogens is 3. The molecule has 1 fully saturated rings. The third-order valence-electron chi connectivity index (χ3n) is 6.03. The van der Waals surface area contributed by atoms with Crippen molar-refractivity contribution in [2.75, 3.05) is 31.1 Å². The maximum atomic E-state index is 13.7. The van der Waals surface area contributed by atoms with Crippen LogP contribution in [0.15, 0.2) is 29.5 Å². The number of nitrogens with zero attached hydrogens (tertiary/aromatic N) is 7. The van der Waals surface area contributed by atoms with Gasteiger partial charge in [0.25, 0.3) is 0 Å². The highest BCUT2D eigenvalue weighted by molar-refractivity contribution is 7.19. The Bertz CT molecular complexity index is 1230. The number of halogens is 3. The zero-order chi connectivity index (χ0) is 24.0. The summed E-state index contributed by atoms with van der Waals surface area (Å²) < 4.78 is 29.2. The van der Waals surface area contributed by atoms with Crippen LogP contribution in [0.5, 0.6) is 0 Å². The number of carbonyl (C=O) groups excluding carboxylic acids is 1. The van der Waals surface area contributed by atoms with Crippen LogP contribution in [0.2, 0.25) is 5.15 Å². The van der Waals surface area contributed by atoms with Gasteiger partial charge in [0.1, 0.15) is 11.6 Å². The summed E-state index contributed by atoms with van der Waals surface area (Å²) in [6.07, 6.45) is 3.80. The fraction of sp³-hybridized carbons (Fsp3) is 0.364. The summed E-state index contributed by atoms with van der Waals surface area (Å²) in [5.41, 5.74) is 2.35. The van der Waals surface area contributed by atoms with Gasteiger partial charge in [0, 0.05) is 51.9 Å². The van der Waals surface area contributed by atoms with Crippen molar-refractivity contribution in [3.8, 4) is 10.6 Å². The van der Waals surface area contributed by atoms with Gasteiger partial charge in [-0.3, -0.25) is 4.68 Å². The number of benzene rings is 1. The van der Waals surface area contributed by atoms with Crippen molar-refractivity contribution in [2.24, 2.45) is 12.1 Å². The van der Waals surface area contributed by atoms with Crippen LogP contribution in [-0.4, -0.2) is 63.1 Å². The molecule has 2 aromatic heterocycles. The van der Waals surface area contributed by atoms with Crippen molar-refractivity contribution in [2.45, 2.75) is 19.4 Å². The summed E-state index contributed by atoms with van der Waals surface area (Å²) in [5.74, 6) is -1.35. The summed E-state index contributed by atoms with van der Waals surface area (Å²) in [6, 6.07) is 2.49. The monoisotopic (exact) mass is 505 g/mol. The van der Waals surface area contributed by atoms with Crippen molar-refractivity contribution < 1.29 is 13.6 Å². The molecular weight excluding hydrogens is 484 g/mol. The molecule has 8 nitrogen and oxygen atoms in total. The lowest BCUT2D eigenvalue weighted by atomic mass is 10.0. The minimum absolute atomic E-state index is 0.286. The van der Waals surface area contributed by atoms with Crippen LogP contribution in [0, 0.1) is 18.6 Å². The molecule has 2 aliphatic rings. The summed E-state index contributed by atoms with van der Waals surface area (Å²) in [4.78, 5) is 22.4. The Labute approximate surface area is 204 Å². The molecule has 2 amide bonds. The Morgan fingerprint density at radius 1 is 1.15 bits per heavy atom. The number of hydrazone groups is 1. The number of anilines is 1. The zero-order valence-corrected chi connectivity index (χ0v) is 20.2. The topological polar surface area (TPSA) is 69.9 Å². The molecule has 1 atom stereocenters. The lowest BCUT2D eigenvalue weighted by Crippen LogP contribution is -2.52. The van der Waals surface area contributed by atoms with Crippen molar-refractivity contribution in [3.63, 3.8) is 0 Å². The maximum absolute atomic E-state index is 13.7. The normalized spacial score (nSPS) is 18.3. The van der Waals surface area contributed by atoms with E-state index in [2.05, 4.69) is 20.1 Å². The van der Waals surface area contributed by atoms with E-state index in [0.29, 0.717) is 43.3 Å². The first kappa shape index (κ1) is 22.7.